The first-order valence-corrected chi connectivity index (χ1v) is 4.66. The summed E-state index contributed by atoms with van der Waals surface area (Å²) in [6.07, 6.45) is 0. The molecule has 1 atom stereocenters. The van der Waals surface area contributed by atoms with Gasteiger partial charge in [0.25, 0.3) is 0 Å². The Bertz CT molecular complexity index is 447. The molecule has 0 amide bonds. The van der Waals surface area contributed by atoms with Crippen molar-refractivity contribution < 1.29 is 4.39 Å². The first-order valence-electron chi connectivity index (χ1n) is 4.66. The van der Waals surface area contributed by atoms with Crippen molar-refractivity contribution in [2.75, 3.05) is 7.05 Å². The summed E-state index contributed by atoms with van der Waals surface area (Å²) in [6, 6.07) is 6.99. The summed E-state index contributed by atoms with van der Waals surface area (Å²) in [5.74, 6) is -0.194. The number of H-pyrrole nitrogens is 1. The molecular formula is C11H13FN2. The predicted molar refractivity (Wildman–Crippen MR) is 55.7 cm³/mol. The Labute approximate surface area is 82.1 Å². The number of aromatic nitrogens is 1. The van der Waals surface area contributed by atoms with Crippen LogP contribution >= 0.6 is 0 Å². The monoisotopic (exact) mass is 192 g/mol. The average molecular weight is 192 g/mol. The van der Waals surface area contributed by atoms with Gasteiger partial charge < -0.3 is 10.3 Å². The number of aromatic amines is 1. The smallest absolute Gasteiger partial charge is 0.123 e. The number of hydrogen-bond acceptors (Lipinski definition) is 1. The molecule has 0 saturated heterocycles. The van der Waals surface area contributed by atoms with E-state index in [1.54, 1.807) is 6.07 Å². The second-order valence-corrected chi connectivity index (χ2v) is 3.47. The molecule has 2 nitrogen and oxygen atoms in total. The van der Waals surface area contributed by atoms with Crippen molar-refractivity contribution in [3.63, 3.8) is 0 Å². The fourth-order valence-corrected chi connectivity index (χ4v) is 1.51. The zero-order valence-corrected chi connectivity index (χ0v) is 8.26. The molecule has 2 rings (SSSR count). The lowest BCUT2D eigenvalue weighted by Crippen LogP contribution is -2.12. The molecular weight excluding hydrogens is 179 g/mol. The second kappa shape index (κ2) is 3.42. The van der Waals surface area contributed by atoms with E-state index < -0.39 is 0 Å². The maximum atomic E-state index is 12.9. The quantitative estimate of drug-likeness (QED) is 0.752. The summed E-state index contributed by atoms with van der Waals surface area (Å²) in [5, 5.41) is 4.05. The zero-order valence-electron chi connectivity index (χ0n) is 8.26. The number of nitrogens with one attached hydrogen (secondary N) is 2. The molecule has 2 aromatic rings. The molecule has 3 heteroatoms. The molecule has 2 N–H and O–H groups in total. The fraction of sp³-hybridized carbons (Fsp3) is 0.273. The van der Waals surface area contributed by atoms with Gasteiger partial charge in [-0.3, -0.25) is 0 Å². The highest BCUT2D eigenvalue weighted by Crippen LogP contribution is 2.20. The van der Waals surface area contributed by atoms with Crippen LogP contribution in [0.1, 0.15) is 18.7 Å². The Balaban J connectivity index is 2.51. The van der Waals surface area contributed by atoms with Crippen LogP contribution in [0.4, 0.5) is 4.39 Å². The highest BCUT2D eigenvalue weighted by molar-refractivity contribution is 5.80. The summed E-state index contributed by atoms with van der Waals surface area (Å²) in [7, 11) is 1.90. The third kappa shape index (κ3) is 1.51. The van der Waals surface area contributed by atoms with Crippen LogP contribution in [0.3, 0.4) is 0 Å². The van der Waals surface area contributed by atoms with E-state index in [0.717, 1.165) is 16.6 Å². The summed E-state index contributed by atoms with van der Waals surface area (Å²) < 4.78 is 12.9. The van der Waals surface area contributed by atoms with Crippen LogP contribution in [-0.4, -0.2) is 12.0 Å². The molecule has 74 valence electrons. The van der Waals surface area contributed by atoms with Gasteiger partial charge in [-0.25, -0.2) is 4.39 Å². The highest BCUT2D eigenvalue weighted by atomic mass is 19.1. The highest BCUT2D eigenvalue weighted by Gasteiger charge is 2.06. The lowest BCUT2D eigenvalue weighted by Gasteiger charge is -2.05. The molecule has 14 heavy (non-hydrogen) atoms. The predicted octanol–water partition coefficient (Wildman–Crippen LogP) is 2.59. The second-order valence-electron chi connectivity index (χ2n) is 3.47. The minimum Gasteiger partial charge on any atom is -0.357 e. The van der Waals surface area contributed by atoms with E-state index in [1.807, 2.05) is 13.1 Å². The molecule has 1 aromatic heterocycles. The minimum atomic E-state index is -0.194. The molecule has 0 bridgehead atoms. The van der Waals surface area contributed by atoms with Gasteiger partial charge in [0.15, 0.2) is 0 Å². The Morgan fingerprint density at radius 3 is 2.86 bits per heavy atom. The molecule has 1 aromatic carbocycles. The minimum absolute atomic E-state index is 0.194. The van der Waals surface area contributed by atoms with Crippen LogP contribution < -0.4 is 5.32 Å². The van der Waals surface area contributed by atoms with Crippen LogP contribution in [0.25, 0.3) is 10.9 Å². The number of fused-ring (bicyclic) bond motifs is 1. The van der Waals surface area contributed by atoms with E-state index in [4.69, 9.17) is 0 Å². The van der Waals surface area contributed by atoms with Gasteiger partial charge in [-0.1, -0.05) is 0 Å². The normalized spacial score (nSPS) is 13.4. The van der Waals surface area contributed by atoms with Gasteiger partial charge in [0.1, 0.15) is 5.82 Å². The first kappa shape index (κ1) is 9.21. The third-order valence-electron chi connectivity index (χ3n) is 2.50. The lowest BCUT2D eigenvalue weighted by atomic mass is 10.2. The van der Waals surface area contributed by atoms with Gasteiger partial charge in [0.2, 0.25) is 0 Å². The van der Waals surface area contributed by atoms with Crippen LogP contribution in [0.5, 0.6) is 0 Å². The molecule has 0 spiro atoms. The van der Waals surface area contributed by atoms with Gasteiger partial charge in [-0.2, -0.15) is 0 Å². The van der Waals surface area contributed by atoms with Crippen molar-refractivity contribution in [2.24, 2.45) is 0 Å². The van der Waals surface area contributed by atoms with Crippen molar-refractivity contribution in [3.8, 4) is 0 Å². The van der Waals surface area contributed by atoms with E-state index in [9.17, 15) is 4.39 Å². The maximum Gasteiger partial charge on any atom is 0.123 e. The van der Waals surface area contributed by atoms with Crippen molar-refractivity contribution in [2.45, 2.75) is 13.0 Å². The van der Waals surface area contributed by atoms with Crippen LogP contribution in [0.15, 0.2) is 24.3 Å². The van der Waals surface area contributed by atoms with Gasteiger partial charge in [0.05, 0.1) is 0 Å². The molecule has 0 fully saturated rings. The summed E-state index contributed by atoms with van der Waals surface area (Å²) in [5.41, 5.74) is 2.05. The summed E-state index contributed by atoms with van der Waals surface area (Å²) in [4.78, 5) is 3.24. The van der Waals surface area contributed by atoms with Gasteiger partial charge in [-0.05, 0) is 38.2 Å². The Morgan fingerprint density at radius 1 is 1.36 bits per heavy atom. The summed E-state index contributed by atoms with van der Waals surface area (Å²) >= 11 is 0. The largest absolute Gasteiger partial charge is 0.357 e. The van der Waals surface area contributed by atoms with Crippen LogP contribution in [-0.2, 0) is 0 Å². The Morgan fingerprint density at radius 2 is 2.14 bits per heavy atom. The molecule has 0 radical (unpaired) electrons. The number of rotatable bonds is 2. The third-order valence-corrected chi connectivity index (χ3v) is 2.50. The lowest BCUT2D eigenvalue weighted by molar-refractivity contribution is 0.630. The van der Waals surface area contributed by atoms with Gasteiger partial charge in [0, 0.05) is 22.6 Å². The van der Waals surface area contributed by atoms with E-state index in [-0.39, 0.29) is 11.9 Å². The Hall–Kier alpha value is -1.35. The van der Waals surface area contributed by atoms with Gasteiger partial charge >= 0.3 is 0 Å². The fourth-order valence-electron chi connectivity index (χ4n) is 1.51. The number of benzene rings is 1. The van der Waals surface area contributed by atoms with E-state index in [1.165, 1.54) is 12.1 Å². The molecule has 0 aliphatic rings. The number of hydrogen-bond donors (Lipinski definition) is 2. The SMILES string of the molecule is CN[C@H](C)c1cc2cc(F)ccc2[nH]1. The van der Waals surface area contributed by atoms with Crippen LogP contribution in [0, 0.1) is 5.82 Å². The van der Waals surface area contributed by atoms with Gasteiger partial charge in [-0.15, -0.1) is 0 Å². The molecule has 0 aliphatic heterocycles. The van der Waals surface area contributed by atoms with Crippen molar-refractivity contribution in [1.29, 1.82) is 0 Å². The van der Waals surface area contributed by atoms with E-state index >= 15 is 0 Å². The van der Waals surface area contributed by atoms with Crippen molar-refractivity contribution in [3.05, 3.63) is 35.8 Å². The first-order chi connectivity index (χ1) is 6.70. The number of halogens is 1. The average Bonchev–Trinajstić information content (AvgIpc) is 2.59. The van der Waals surface area contributed by atoms with E-state index in [2.05, 4.69) is 17.2 Å². The maximum absolute atomic E-state index is 12.9. The summed E-state index contributed by atoms with van der Waals surface area (Å²) in [6.45, 7) is 2.06. The molecule has 1 heterocycles. The molecule has 0 saturated carbocycles. The molecule has 0 aliphatic carbocycles. The Kier molecular flexibility index (Phi) is 2.25. The van der Waals surface area contributed by atoms with Crippen molar-refractivity contribution in [1.82, 2.24) is 10.3 Å². The van der Waals surface area contributed by atoms with Crippen LogP contribution in [0.2, 0.25) is 0 Å². The zero-order chi connectivity index (χ0) is 10.1. The van der Waals surface area contributed by atoms with E-state index in [0.29, 0.717) is 0 Å². The van der Waals surface area contributed by atoms with Crippen molar-refractivity contribution >= 4 is 10.9 Å². The topological polar surface area (TPSA) is 27.8 Å². The molecule has 0 unspecified atom stereocenters. The standard InChI is InChI=1S/C11H13FN2/c1-7(13-2)11-6-8-5-9(12)3-4-10(8)14-11/h3-7,13-14H,1-2H3/t7-/m1/s1.